The normalized spacial score (nSPS) is 17.1. The lowest BCUT2D eigenvalue weighted by molar-refractivity contribution is -0.119. The lowest BCUT2D eigenvalue weighted by Crippen LogP contribution is -2.38. The molecule has 0 spiro atoms. The van der Waals surface area contributed by atoms with Crippen LogP contribution in [-0.4, -0.2) is 55.7 Å². The number of nitrogens with zero attached hydrogens (tertiary/aromatic N) is 5. The highest BCUT2D eigenvalue weighted by atomic mass is 16.5. The molecular weight excluding hydrogens is 326 g/mol. The molecule has 3 rings (SSSR count). The minimum absolute atomic E-state index is 0.0709. The van der Waals surface area contributed by atoms with Crippen LogP contribution in [0.3, 0.4) is 0 Å². The summed E-state index contributed by atoms with van der Waals surface area (Å²) in [6.45, 7) is 6.53. The standard InChI is InChI=1S/C16H23N5O4/c1-10(11(2)22)21-12(9-20-5-7-25-8-6-20)17-14-13(21)15(23)19(4)16(24)18(14)3/h10H,5-9H2,1-4H3/t10-/m1/s1. The molecule has 1 aliphatic heterocycles. The molecule has 0 N–H and O–H groups in total. The number of hydrogen-bond acceptors (Lipinski definition) is 6. The number of Topliss-reactive ketones (excluding diaryl/α,β-unsaturated/α-hetero) is 1. The Morgan fingerprint density at radius 1 is 1.20 bits per heavy atom. The Bertz CT molecular complexity index is 933. The van der Waals surface area contributed by atoms with Crippen molar-refractivity contribution in [3.63, 3.8) is 0 Å². The fourth-order valence-electron chi connectivity index (χ4n) is 3.13. The summed E-state index contributed by atoms with van der Waals surface area (Å²) < 4.78 is 9.43. The molecule has 9 nitrogen and oxygen atoms in total. The summed E-state index contributed by atoms with van der Waals surface area (Å²) in [4.78, 5) is 43.6. The van der Waals surface area contributed by atoms with E-state index in [1.54, 1.807) is 18.5 Å². The predicted molar refractivity (Wildman–Crippen MR) is 91.7 cm³/mol. The number of fused-ring (bicyclic) bond motifs is 1. The fraction of sp³-hybridized carbons (Fsp3) is 0.625. The van der Waals surface area contributed by atoms with Gasteiger partial charge in [0, 0.05) is 27.2 Å². The van der Waals surface area contributed by atoms with Gasteiger partial charge < -0.3 is 9.30 Å². The summed E-state index contributed by atoms with van der Waals surface area (Å²) in [7, 11) is 3.01. The van der Waals surface area contributed by atoms with Gasteiger partial charge in [-0.15, -0.1) is 0 Å². The zero-order chi connectivity index (χ0) is 18.3. The molecule has 9 heteroatoms. The number of aryl methyl sites for hydroxylation is 1. The third-order valence-corrected chi connectivity index (χ3v) is 4.81. The highest BCUT2D eigenvalue weighted by Gasteiger charge is 2.25. The molecule has 0 radical (unpaired) electrons. The Labute approximate surface area is 144 Å². The number of morpholine rings is 1. The van der Waals surface area contributed by atoms with Crippen molar-refractivity contribution in [3.05, 3.63) is 26.7 Å². The monoisotopic (exact) mass is 349 g/mol. The van der Waals surface area contributed by atoms with Crippen molar-refractivity contribution in [3.8, 4) is 0 Å². The maximum absolute atomic E-state index is 12.7. The first-order valence-corrected chi connectivity index (χ1v) is 8.30. The van der Waals surface area contributed by atoms with Gasteiger partial charge >= 0.3 is 5.69 Å². The molecule has 2 aromatic rings. The third kappa shape index (κ3) is 2.93. The van der Waals surface area contributed by atoms with Crippen LogP contribution in [0.2, 0.25) is 0 Å². The van der Waals surface area contributed by atoms with Gasteiger partial charge in [0.05, 0.1) is 25.8 Å². The van der Waals surface area contributed by atoms with Gasteiger partial charge in [-0.3, -0.25) is 23.6 Å². The van der Waals surface area contributed by atoms with Crippen molar-refractivity contribution in [1.82, 2.24) is 23.6 Å². The molecule has 3 heterocycles. The first-order valence-electron chi connectivity index (χ1n) is 8.30. The summed E-state index contributed by atoms with van der Waals surface area (Å²) in [5, 5.41) is 0. The van der Waals surface area contributed by atoms with Crippen LogP contribution in [0.4, 0.5) is 0 Å². The summed E-state index contributed by atoms with van der Waals surface area (Å²) in [6.07, 6.45) is 0. The van der Waals surface area contributed by atoms with Crippen LogP contribution in [0.25, 0.3) is 11.2 Å². The molecule has 25 heavy (non-hydrogen) atoms. The van der Waals surface area contributed by atoms with E-state index in [4.69, 9.17) is 4.74 Å². The van der Waals surface area contributed by atoms with Crippen LogP contribution in [0.15, 0.2) is 9.59 Å². The first-order chi connectivity index (χ1) is 11.8. The van der Waals surface area contributed by atoms with Gasteiger partial charge in [0.15, 0.2) is 16.9 Å². The molecule has 0 aliphatic carbocycles. The Hall–Kier alpha value is -2.26. The maximum atomic E-state index is 12.7. The molecule has 0 unspecified atom stereocenters. The molecular formula is C16H23N5O4. The van der Waals surface area contributed by atoms with Gasteiger partial charge in [-0.2, -0.15) is 0 Å². The first kappa shape index (κ1) is 17.6. The van der Waals surface area contributed by atoms with Gasteiger partial charge in [-0.25, -0.2) is 9.78 Å². The number of ether oxygens (including phenoxy) is 1. The van der Waals surface area contributed by atoms with Gasteiger partial charge in [0.1, 0.15) is 5.82 Å². The fourth-order valence-corrected chi connectivity index (χ4v) is 3.13. The van der Waals surface area contributed by atoms with E-state index in [0.29, 0.717) is 31.2 Å². The summed E-state index contributed by atoms with van der Waals surface area (Å²) in [5.74, 6) is 0.538. The Morgan fingerprint density at radius 3 is 2.44 bits per heavy atom. The third-order valence-electron chi connectivity index (χ3n) is 4.81. The van der Waals surface area contributed by atoms with Gasteiger partial charge in [-0.1, -0.05) is 0 Å². The molecule has 1 fully saturated rings. The molecule has 136 valence electrons. The maximum Gasteiger partial charge on any atom is 0.332 e. The minimum Gasteiger partial charge on any atom is -0.379 e. The minimum atomic E-state index is -0.536. The van der Waals surface area contributed by atoms with Gasteiger partial charge in [-0.05, 0) is 13.8 Å². The molecule has 1 saturated heterocycles. The molecule has 0 saturated carbocycles. The summed E-state index contributed by atoms with van der Waals surface area (Å²) >= 11 is 0. The molecule has 1 atom stereocenters. The van der Waals surface area contributed by atoms with E-state index in [9.17, 15) is 14.4 Å². The van der Waals surface area contributed by atoms with Crippen LogP contribution in [0.5, 0.6) is 0 Å². The quantitative estimate of drug-likeness (QED) is 0.733. The SMILES string of the molecule is CC(=O)[C@@H](C)n1c(CN2CCOCC2)nc2c1c(=O)n(C)c(=O)n2C. The van der Waals surface area contributed by atoms with E-state index in [1.165, 1.54) is 18.5 Å². The smallest absolute Gasteiger partial charge is 0.332 e. The number of imidazole rings is 1. The Balaban J connectivity index is 2.24. The zero-order valence-corrected chi connectivity index (χ0v) is 15.0. The highest BCUT2D eigenvalue weighted by Crippen LogP contribution is 2.20. The topological polar surface area (TPSA) is 91.4 Å². The second-order valence-corrected chi connectivity index (χ2v) is 6.45. The van der Waals surface area contributed by atoms with E-state index < -0.39 is 17.3 Å². The van der Waals surface area contributed by atoms with Crippen molar-refractivity contribution < 1.29 is 9.53 Å². The Morgan fingerprint density at radius 2 is 1.84 bits per heavy atom. The summed E-state index contributed by atoms with van der Waals surface area (Å²) in [5.41, 5.74) is -0.275. The molecule has 2 aromatic heterocycles. The number of hydrogen-bond donors (Lipinski definition) is 0. The lowest BCUT2D eigenvalue weighted by Gasteiger charge is -2.27. The van der Waals surface area contributed by atoms with E-state index in [0.717, 1.165) is 17.7 Å². The average Bonchev–Trinajstić information content (AvgIpc) is 2.97. The largest absolute Gasteiger partial charge is 0.379 e. The van der Waals surface area contributed by atoms with Crippen LogP contribution in [0.1, 0.15) is 25.7 Å². The van der Waals surface area contributed by atoms with Crippen molar-refractivity contribution in [2.24, 2.45) is 14.1 Å². The van der Waals surface area contributed by atoms with Crippen molar-refractivity contribution in [2.75, 3.05) is 26.3 Å². The molecule has 0 bridgehead atoms. The number of ketones is 1. The highest BCUT2D eigenvalue weighted by molar-refractivity contribution is 5.82. The number of carbonyl (C=O) groups is 1. The van der Waals surface area contributed by atoms with Crippen LogP contribution in [-0.2, 0) is 30.2 Å². The van der Waals surface area contributed by atoms with E-state index in [2.05, 4.69) is 9.88 Å². The lowest BCUT2D eigenvalue weighted by atomic mass is 10.2. The van der Waals surface area contributed by atoms with Crippen molar-refractivity contribution in [2.45, 2.75) is 26.4 Å². The number of carbonyl (C=O) groups excluding carboxylic acids is 1. The van der Waals surface area contributed by atoms with Crippen LogP contribution < -0.4 is 11.2 Å². The van der Waals surface area contributed by atoms with Crippen molar-refractivity contribution in [1.29, 1.82) is 0 Å². The molecule has 0 amide bonds. The predicted octanol–water partition coefficient (Wildman–Crippen LogP) is -0.584. The van der Waals surface area contributed by atoms with E-state index in [1.807, 2.05) is 0 Å². The Kier molecular flexibility index (Phi) is 4.61. The molecule has 1 aliphatic rings. The van der Waals surface area contributed by atoms with Gasteiger partial charge in [0.2, 0.25) is 0 Å². The number of rotatable bonds is 4. The average molecular weight is 349 g/mol. The number of aromatic nitrogens is 4. The molecule has 0 aromatic carbocycles. The second kappa shape index (κ2) is 6.57. The summed E-state index contributed by atoms with van der Waals surface area (Å²) in [6, 6.07) is -0.536. The van der Waals surface area contributed by atoms with Gasteiger partial charge in [0.25, 0.3) is 5.56 Å². The van der Waals surface area contributed by atoms with Crippen LogP contribution >= 0.6 is 0 Å². The van der Waals surface area contributed by atoms with Crippen LogP contribution in [0, 0.1) is 0 Å². The van der Waals surface area contributed by atoms with E-state index in [-0.39, 0.29) is 11.3 Å². The zero-order valence-electron chi connectivity index (χ0n) is 15.0. The van der Waals surface area contributed by atoms with E-state index >= 15 is 0 Å². The van der Waals surface area contributed by atoms with Crippen molar-refractivity contribution >= 4 is 16.9 Å². The second-order valence-electron chi connectivity index (χ2n) is 6.45.